The lowest BCUT2D eigenvalue weighted by atomic mass is 9.94. The number of aromatic amines is 2. The molecular formula is C13H12N4. The minimum absolute atomic E-state index is 0.793. The van der Waals surface area contributed by atoms with E-state index in [2.05, 4.69) is 21.2 Å². The molecule has 0 amide bonds. The molecule has 0 saturated carbocycles. The standard InChI is InChI=1S/C13H12N4/c14-8-2-4-9-10-3-1-7-6-15-17-12(7)13(10)16-11(9)5-8/h2,4-6,16H,1,3,14H2,(H,15,17). The maximum Gasteiger partial charge on any atom is 0.0847 e. The highest BCUT2D eigenvalue weighted by molar-refractivity contribution is 5.93. The Kier molecular flexibility index (Phi) is 1.52. The van der Waals surface area contributed by atoms with Crippen LogP contribution in [0, 0.1) is 0 Å². The Balaban J connectivity index is 2.10. The fraction of sp³-hybridized carbons (Fsp3) is 0.154. The first-order chi connectivity index (χ1) is 8.33. The molecule has 2 aromatic heterocycles. The number of aromatic nitrogens is 3. The second-order valence-electron chi connectivity index (χ2n) is 4.55. The van der Waals surface area contributed by atoms with Crippen molar-refractivity contribution in [2.45, 2.75) is 12.8 Å². The Hall–Kier alpha value is -2.23. The quantitative estimate of drug-likeness (QED) is 0.512. The second kappa shape index (κ2) is 2.91. The highest BCUT2D eigenvalue weighted by Gasteiger charge is 2.21. The van der Waals surface area contributed by atoms with Gasteiger partial charge >= 0.3 is 0 Å². The fourth-order valence-corrected chi connectivity index (χ4v) is 2.72. The van der Waals surface area contributed by atoms with Gasteiger partial charge in [0, 0.05) is 16.6 Å². The Bertz CT molecular complexity index is 720. The van der Waals surface area contributed by atoms with Crippen molar-refractivity contribution in [2.24, 2.45) is 0 Å². The van der Waals surface area contributed by atoms with Crippen LogP contribution in [-0.2, 0) is 12.8 Å². The summed E-state index contributed by atoms with van der Waals surface area (Å²) in [4.78, 5) is 3.45. The summed E-state index contributed by atoms with van der Waals surface area (Å²) < 4.78 is 0. The largest absolute Gasteiger partial charge is 0.399 e. The van der Waals surface area contributed by atoms with E-state index in [1.54, 1.807) is 0 Å². The number of H-pyrrole nitrogens is 2. The lowest BCUT2D eigenvalue weighted by Crippen LogP contribution is -2.00. The van der Waals surface area contributed by atoms with Crippen LogP contribution in [-0.4, -0.2) is 15.2 Å². The van der Waals surface area contributed by atoms with Crippen LogP contribution in [0.2, 0.25) is 0 Å². The number of fused-ring (bicyclic) bond motifs is 5. The zero-order valence-corrected chi connectivity index (χ0v) is 9.25. The zero-order valence-electron chi connectivity index (χ0n) is 9.25. The van der Waals surface area contributed by atoms with Gasteiger partial charge in [0.05, 0.1) is 17.6 Å². The van der Waals surface area contributed by atoms with Crippen LogP contribution in [0.1, 0.15) is 11.1 Å². The summed E-state index contributed by atoms with van der Waals surface area (Å²) in [5.74, 6) is 0. The van der Waals surface area contributed by atoms with Crippen molar-refractivity contribution in [2.75, 3.05) is 5.73 Å². The van der Waals surface area contributed by atoms with Gasteiger partial charge in [0.15, 0.2) is 0 Å². The molecule has 0 spiro atoms. The minimum atomic E-state index is 0.793. The molecule has 3 aromatic rings. The van der Waals surface area contributed by atoms with E-state index in [1.807, 2.05) is 18.3 Å². The number of benzene rings is 1. The number of nitrogens with zero attached hydrogens (tertiary/aromatic N) is 1. The number of hydrogen-bond acceptors (Lipinski definition) is 2. The van der Waals surface area contributed by atoms with E-state index in [9.17, 15) is 0 Å². The maximum absolute atomic E-state index is 5.82. The summed E-state index contributed by atoms with van der Waals surface area (Å²) in [6, 6.07) is 6.05. The highest BCUT2D eigenvalue weighted by Crippen LogP contribution is 2.36. The molecule has 4 nitrogen and oxygen atoms in total. The summed E-state index contributed by atoms with van der Waals surface area (Å²) in [5.41, 5.74) is 12.7. The topological polar surface area (TPSA) is 70.5 Å². The Morgan fingerprint density at radius 1 is 1.18 bits per heavy atom. The van der Waals surface area contributed by atoms with E-state index in [4.69, 9.17) is 5.73 Å². The summed E-state index contributed by atoms with van der Waals surface area (Å²) in [6.07, 6.45) is 4.03. The normalized spacial score (nSPS) is 13.6. The molecule has 1 aliphatic carbocycles. The predicted molar refractivity (Wildman–Crippen MR) is 67.7 cm³/mol. The molecule has 0 atom stereocenters. The molecule has 0 saturated heterocycles. The van der Waals surface area contributed by atoms with Crippen molar-refractivity contribution in [3.05, 3.63) is 35.5 Å². The third-order valence-corrected chi connectivity index (χ3v) is 3.54. The minimum Gasteiger partial charge on any atom is -0.399 e. The van der Waals surface area contributed by atoms with Crippen LogP contribution < -0.4 is 5.73 Å². The Morgan fingerprint density at radius 2 is 2.12 bits per heavy atom. The summed E-state index contributed by atoms with van der Waals surface area (Å²) in [5, 5.41) is 8.47. The van der Waals surface area contributed by atoms with Crippen LogP contribution in [0.15, 0.2) is 24.4 Å². The van der Waals surface area contributed by atoms with Gasteiger partial charge in [-0.15, -0.1) is 0 Å². The predicted octanol–water partition coefficient (Wildman–Crippen LogP) is 2.24. The smallest absolute Gasteiger partial charge is 0.0847 e. The van der Waals surface area contributed by atoms with Gasteiger partial charge in [-0.05, 0) is 36.1 Å². The van der Waals surface area contributed by atoms with Crippen LogP contribution in [0.4, 0.5) is 5.69 Å². The molecule has 1 aliphatic rings. The average Bonchev–Trinajstić information content (AvgIpc) is 2.90. The van der Waals surface area contributed by atoms with Crippen molar-refractivity contribution in [1.82, 2.24) is 15.2 Å². The van der Waals surface area contributed by atoms with Crippen molar-refractivity contribution >= 4 is 16.6 Å². The molecule has 1 aromatic carbocycles. The van der Waals surface area contributed by atoms with Gasteiger partial charge in [-0.25, -0.2) is 0 Å². The molecule has 4 heteroatoms. The van der Waals surface area contributed by atoms with Crippen molar-refractivity contribution in [1.29, 1.82) is 0 Å². The molecule has 2 heterocycles. The third-order valence-electron chi connectivity index (χ3n) is 3.54. The van der Waals surface area contributed by atoms with Gasteiger partial charge in [0.2, 0.25) is 0 Å². The Morgan fingerprint density at radius 3 is 3.06 bits per heavy atom. The number of anilines is 1. The molecule has 17 heavy (non-hydrogen) atoms. The Labute approximate surface area is 97.8 Å². The number of nitrogens with one attached hydrogen (secondary N) is 2. The molecule has 0 fully saturated rings. The van der Waals surface area contributed by atoms with E-state index >= 15 is 0 Å². The van der Waals surface area contributed by atoms with Gasteiger partial charge in [-0.3, -0.25) is 5.10 Å². The first kappa shape index (κ1) is 8.87. The van der Waals surface area contributed by atoms with Gasteiger partial charge < -0.3 is 10.7 Å². The summed E-state index contributed by atoms with van der Waals surface area (Å²) in [6.45, 7) is 0. The molecule has 0 radical (unpaired) electrons. The fourth-order valence-electron chi connectivity index (χ4n) is 2.72. The van der Waals surface area contributed by atoms with Crippen molar-refractivity contribution < 1.29 is 0 Å². The van der Waals surface area contributed by atoms with Crippen LogP contribution in [0.3, 0.4) is 0 Å². The van der Waals surface area contributed by atoms with E-state index in [-0.39, 0.29) is 0 Å². The summed E-state index contributed by atoms with van der Waals surface area (Å²) >= 11 is 0. The van der Waals surface area contributed by atoms with Gasteiger partial charge in [-0.2, -0.15) is 5.10 Å². The number of aryl methyl sites for hydroxylation is 2. The average molecular weight is 224 g/mol. The van der Waals surface area contributed by atoms with E-state index in [0.29, 0.717) is 0 Å². The number of rotatable bonds is 0. The SMILES string of the molecule is Nc1ccc2c3c([nH]c2c1)-c1[nH]ncc1CC3. The van der Waals surface area contributed by atoms with E-state index < -0.39 is 0 Å². The molecule has 0 aliphatic heterocycles. The van der Waals surface area contributed by atoms with Crippen molar-refractivity contribution in [3.8, 4) is 11.4 Å². The number of nitrogens with two attached hydrogens (primary N) is 1. The van der Waals surface area contributed by atoms with E-state index in [1.165, 1.54) is 22.2 Å². The zero-order chi connectivity index (χ0) is 11.4. The third kappa shape index (κ3) is 1.09. The molecule has 0 unspecified atom stereocenters. The first-order valence-electron chi connectivity index (χ1n) is 5.75. The van der Waals surface area contributed by atoms with E-state index in [0.717, 1.165) is 29.7 Å². The highest BCUT2D eigenvalue weighted by atomic mass is 15.1. The van der Waals surface area contributed by atoms with Gasteiger partial charge in [0.25, 0.3) is 0 Å². The van der Waals surface area contributed by atoms with Gasteiger partial charge in [-0.1, -0.05) is 6.07 Å². The van der Waals surface area contributed by atoms with Crippen molar-refractivity contribution in [3.63, 3.8) is 0 Å². The van der Waals surface area contributed by atoms with Gasteiger partial charge in [0.1, 0.15) is 0 Å². The lowest BCUT2D eigenvalue weighted by molar-refractivity contribution is 0.947. The first-order valence-corrected chi connectivity index (χ1v) is 5.75. The number of hydrogen-bond donors (Lipinski definition) is 3. The molecule has 4 N–H and O–H groups in total. The second-order valence-corrected chi connectivity index (χ2v) is 4.55. The van der Waals surface area contributed by atoms with Crippen LogP contribution >= 0.6 is 0 Å². The molecule has 0 bridgehead atoms. The maximum atomic E-state index is 5.82. The monoisotopic (exact) mass is 224 g/mol. The lowest BCUT2D eigenvalue weighted by Gasteiger charge is -2.11. The molecular weight excluding hydrogens is 212 g/mol. The van der Waals surface area contributed by atoms with Crippen LogP contribution in [0.25, 0.3) is 22.3 Å². The summed E-state index contributed by atoms with van der Waals surface area (Å²) in [7, 11) is 0. The van der Waals surface area contributed by atoms with Crippen LogP contribution in [0.5, 0.6) is 0 Å². The molecule has 84 valence electrons. The number of nitrogen functional groups attached to an aromatic ring is 1. The molecule has 4 rings (SSSR count).